The number of nitrogens with two attached hydrogens (primary N) is 1. The molecule has 2 rings (SSSR count). The molecule has 1 heterocycles. The fourth-order valence-electron chi connectivity index (χ4n) is 2.47. The standard InChI is InChI=1S/C16H26N4O/c1-12(2)18-16(21)13-4-5-14(15(17)10-13)11-20-8-6-19(3)7-9-20/h4-5,10,12H,6-9,11,17H2,1-3H3,(H,18,21). The molecule has 1 aliphatic heterocycles. The zero-order chi connectivity index (χ0) is 15.4. The highest BCUT2D eigenvalue weighted by Crippen LogP contribution is 2.17. The summed E-state index contributed by atoms with van der Waals surface area (Å²) in [4.78, 5) is 16.7. The molecule has 1 aliphatic rings. The molecule has 1 aromatic carbocycles. The lowest BCUT2D eigenvalue weighted by Crippen LogP contribution is -2.43. The van der Waals surface area contributed by atoms with Crippen molar-refractivity contribution in [2.24, 2.45) is 0 Å². The van der Waals surface area contributed by atoms with E-state index in [0.717, 1.165) is 38.3 Å². The van der Waals surface area contributed by atoms with Crippen molar-refractivity contribution in [3.8, 4) is 0 Å². The van der Waals surface area contributed by atoms with Gasteiger partial charge in [0.05, 0.1) is 0 Å². The first-order chi connectivity index (χ1) is 9.95. The molecule has 0 aliphatic carbocycles. The lowest BCUT2D eigenvalue weighted by molar-refractivity contribution is 0.0943. The second kappa shape index (κ2) is 6.91. The molecule has 3 N–H and O–H groups in total. The summed E-state index contributed by atoms with van der Waals surface area (Å²) >= 11 is 0. The first-order valence-electron chi connectivity index (χ1n) is 7.56. The van der Waals surface area contributed by atoms with Crippen molar-refractivity contribution >= 4 is 11.6 Å². The Labute approximate surface area is 127 Å². The Morgan fingerprint density at radius 2 is 1.95 bits per heavy atom. The molecule has 5 heteroatoms. The number of benzene rings is 1. The zero-order valence-corrected chi connectivity index (χ0v) is 13.2. The first-order valence-corrected chi connectivity index (χ1v) is 7.56. The number of carbonyl (C=O) groups excluding carboxylic acids is 1. The summed E-state index contributed by atoms with van der Waals surface area (Å²) in [7, 11) is 2.15. The highest BCUT2D eigenvalue weighted by molar-refractivity contribution is 5.95. The lowest BCUT2D eigenvalue weighted by atomic mass is 10.1. The van der Waals surface area contributed by atoms with E-state index in [4.69, 9.17) is 5.73 Å². The number of anilines is 1. The van der Waals surface area contributed by atoms with Gasteiger partial charge in [-0.3, -0.25) is 9.69 Å². The molecule has 1 fully saturated rings. The van der Waals surface area contributed by atoms with Crippen LogP contribution in [0, 0.1) is 0 Å². The minimum atomic E-state index is -0.0668. The Morgan fingerprint density at radius 3 is 2.52 bits per heavy atom. The average Bonchev–Trinajstić information content (AvgIpc) is 2.42. The predicted octanol–water partition coefficient (Wildman–Crippen LogP) is 1.15. The molecule has 116 valence electrons. The third-order valence-electron chi connectivity index (χ3n) is 3.82. The van der Waals surface area contributed by atoms with Gasteiger partial charge in [0.15, 0.2) is 0 Å². The molecule has 0 saturated carbocycles. The molecular formula is C16H26N4O. The molecule has 21 heavy (non-hydrogen) atoms. The van der Waals surface area contributed by atoms with Crippen molar-refractivity contribution in [2.45, 2.75) is 26.4 Å². The zero-order valence-electron chi connectivity index (χ0n) is 13.2. The first kappa shape index (κ1) is 15.8. The molecule has 0 atom stereocenters. The number of hydrogen-bond acceptors (Lipinski definition) is 4. The van der Waals surface area contributed by atoms with Crippen molar-refractivity contribution < 1.29 is 4.79 Å². The van der Waals surface area contributed by atoms with Crippen molar-refractivity contribution in [1.29, 1.82) is 0 Å². The number of piperazine rings is 1. The van der Waals surface area contributed by atoms with Gasteiger partial charge in [0, 0.05) is 50.0 Å². The van der Waals surface area contributed by atoms with Gasteiger partial charge < -0.3 is 16.0 Å². The molecule has 1 saturated heterocycles. The maximum absolute atomic E-state index is 12.0. The fraction of sp³-hybridized carbons (Fsp3) is 0.562. The molecule has 0 bridgehead atoms. The summed E-state index contributed by atoms with van der Waals surface area (Å²) in [5, 5.41) is 2.88. The molecule has 1 aromatic rings. The summed E-state index contributed by atoms with van der Waals surface area (Å²) in [6.07, 6.45) is 0. The topological polar surface area (TPSA) is 61.6 Å². The third kappa shape index (κ3) is 4.44. The number of nitrogen functional groups attached to an aromatic ring is 1. The summed E-state index contributed by atoms with van der Waals surface area (Å²) in [6, 6.07) is 5.75. The Morgan fingerprint density at radius 1 is 1.29 bits per heavy atom. The van der Waals surface area contributed by atoms with E-state index >= 15 is 0 Å². The van der Waals surface area contributed by atoms with Gasteiger partial charge in [0.1, 0.15) is 0 Å². The van der Waals surface area contributed by atoms with E-state index in [-0.39, 0.29) is 11.9 Å². The maximum atomic E-state index is 12.0. The van der Waals surface area contributed by atoms with Crippen molar-refractivity contribution in [2.75, 3.05) is 39.0 Å². The van der Waals surface area contributed by atoms with E-state index in [1.54, 1.807) is 6.07 Å². The van der Waals surface area contributed by atoms with E-state index in [1.807, 2.05) is 26.0 Å². The quantitative estimate of drug-likeness (QED) is 0.817. The van der Waals surface area contributed by atoms with Gasteiger partial charge in [-0.2, -0.15) is 0 Å². The molecule has 0 aromatic heterocycles. The number of likely N-dealkylation sites (N-methyl/N-ethyl adjacent to an activating group) is 1. The Hall–Kier alpha value is -1.59. The SMILES string of the molecule is CC(C)NC(=O)c1ccc(CN2CCN(C)CC2)c(N)c1. The third-order valence-corrected chi connectivity index (χ3v) is 3.82. The average molecular weight is 290 g/mol. The number of rotatable bonds is 4. The Kier molecular flexibility index (Phi) is 5.20. The largest absolute Gasteiger partial charge is 0.398 e. The normalized spacial score (nSPS) is 17.1. The molecule has 0 radical (unpaired) electrons. The highest BCUT2D eigenvalue weighted by atomic mass is 16.1. The summed E-state index contributed by atoms with van der Waals surface area (Å²) < 4.78 is 0. The molecule has 0 unspecified atom stereocenters. The van der Waals surface area contributed by atoms with Crippen LogP contribution < -0.4 is 11.1 Å². The van der Waals surface area contributed by atoms with Crippen LogP contribution in [0.5, 0.6) is 0 Å². The molecular weight excluding hydrogens is 264 g/mol. The number of nitrogens with zero attached hydrogens (tertiary/aromatic N) is 2. The van der Waals surface area contributed by atoms with Gasteiger partial charge in [-0.05, 0) is 38.6 Å². The van der Waals surface area contributed by atoms with E-state index < -0.39 is 0 Å². The highest BCUT2D eigenvalue weighted by Gasteiger charge is 2.15. The van der Waals surface area contributed by atoms with Crippen molar-refractivity contribution in [3.63, 3.8) is 0 Å². The van der Waals surface area contributed by atoms with Gasteiger partial charge in [0.2, 0.25) is 0 Å². The van der Waals surface area contributed by atoms with E-state index in [2.05, 4.69) is 22.2 Å². The smallest absolute Gasteiger partial charge is 0.251 e. The van der Waals surface area contributed by atoms with Crippen LogP contribution in [0.1, 0.15) is 29.8 Å². The van der Waals surface area contributed by atoms with Gasteiger partial charge in [-0.25, -0.2) is 0 Å². The van der Waals surface area contributed by atoms with Gasteiger partial charge in [0.25, 0.3) is 5.91 Å². The number of nitrogens with one attached hydrogen (secondary N) is 1. The van der Waals surface area contributed by atoms with Crippen molar-refractivity contribution in [1.82, 2.24) is 15.1 Å². The fourth-order valence-corrected chi connectivity index (χ4v) is 2.47. The van der Waals surface area contributed by atoms with Crippen LogP contribution in [-0.2, 0) is 6.54 Å². The van der Waals surface area contributed by atoms with Crippen LogP contribution in [0.25, 0.3) is 0 Å². The van der Waals surface area contributed by atoms with Gasteiger partial charge >= 0.3 is 0 Å². The van der Waals surface area contributed by atoms with E-state index in [0.29, 0.717) is 11.3 Å². The van der Waals surface area contributed by atoms with E-state index in [1.165, 1.54) is 0 Å². The van der Waals surface area contributed by atoms with Crippen LogP contribution in [0.4, 0.5) is 5.69 Å². The van der Waals surface area contributed by atoms with Gasteiger partial charge in [-0.1, -0.05) is 6.07 Å². The Balaban J connectivity index is 2.00. The summed E-state index contributed by atoms with van der Waals surface area (Å²) in [5.41, 5.74) is 8.54. The van der Waals surface area contributed by atoms with Crippen LogP contribution >= 0.6 is 0 Å². The number of hydrogen-bond donors (Lipinski definition) is 2. The predicted molar refractivity (Wildman–Crippen MR) is 86.2 cm³/mol. The summed E-state index contributed by atoms with van der Waals surface area (Å²) in [5.74, 6) is -0.0668. The lowest BCUT2D eigenvalue weighted by Gasteiger charge is -2.32. The Bertz CT molecular complexity index is 493. The molecule has 5 nitrogen and oxygen atoms in total. The van der Waals surface area contributed by atoms with Crippen LogP contribution in [0.15, 0.2) is 18.2 Å². The second-order valence-electron chi connectivity index (χ2n) is 6.12. The number of amides is 1. The number of carbonyl (C=O) groups is 1. The minimum absolute atomic E-state index is 0.0668. The minimum Gasteiger partial charge on any atom is -0.398 e. The van der Waals surface area contributed by atoms with Gasteiger partial charge in [-0.15, -0.1) is 0 Å². The monoisotopic (exact) mass is 290 g/mol. The summed E-state index contributed by atoms with van der Waals surface area (Å²) in [6.45, 7) is 9.05. The molecule has 0 spiro atoms. The van der Waals surface area contributed by atoms with E-state index in [9.17, 15) is 4.79 Å². The molecule has 1 amide bonds. The van der Waals surface area contributed by atoms with Crippen molar-refractivity contribution in [3.05, 3.63) is 29.3 Å². The second-order valence-corrected chi connectivity index (χ2v) is 6.12. The van der Waals surface area contributed by atoms with Crippen LogP contribution in [0.3, 0.4) is 0 Å². The van der Waals surface area contributed by atoms with Crippen LogP contribution in [0.2, 0.25) is 0 Å². The van der Waals surface area contributed by atoms with Crippen LogP contribution in [-0.4, -0.2) is 55.0 Å². The maximum Gasteiger partial charge on any atom is 0.251 e.